The molecule has 1 saturated carbocycles. The largest absolute Gasteiger partial charge is 0.481 e. The highest BCUT2D eigenvalue weighted by Crippen LogP contribution is 2.34. The summed E-state index contributed by atoms with van der Waals surface area (Å²) >= 11 is 0. The van der Waals surface area contributed by atoms with Crippen molar-refractivity contribution in [1.29, 1.82) is 0 Å². The molecular weight excluding hydrogens is 238 g/mol. The van der Waals surface area contributed by atoms with Crippen LogP contribution in [0.1, 0.15) is 55.6 Å². The summed E-state index contributed by atoms with van der Waals surface area (Å²) in [5.74, 6) is -0.497. The Labute approximate surface area is 114 Å². The number of nitrogens with two attached hydrogens (primary N) is 1. The van der Waals surface area contributed by atoms with Crippen LogP contribution < -0.4 is 5.73 Å². The van der Waals surface area contributed by atoms with E-state index in [-0.39, 0.29) is 0 Å². The summed E-state index contributed by atoms with van der Waals surface area (Å²) in [6.07, 6.45) is 6.83. The van der Waals surface area contributed by atoms with E-state index in [0.29, 0.717) is 18.0 Å². The smallest absolute Gasteiger partial charge is 0.311 e. The van der Waals surface area contributed by atoms with E-state index in [1.165, 1.54) is 25.7 Å². The minimum atomic E-state index is -0.754. The molecule has 1 aliphatic carbocycles. The molecule has 0 saturated heterocycles. The Morgan fingerprint density at radius 3 is 2.74 bits per heavy atom. The molecule has 3 N–H and O–H groups in total. The van der Waals surface area contributed by atoms with Crippen LogP contribution in [-0.2, 0) is 4.79 Å². The first kappa shape index (κ1) is 13.9. The number of nitrogen functional groups attached to an aromatic ring is 1. The zero-order valence-corrected chi connectivity index (χ0v) is 11.6. The first-order chi connectivity index (χ1) is 9.09. The normalized spacial score (nSPS) is 17.5. The molecule has 0 spiro atoms. The molecule has 1 aliphatic rings. The maximum absolute atomic E-state index is 11.5. The van der Waals surface area contributed by atoms with E-state index in [0.717, 1.165) is 17.5 Å². The van der Waals surface area contributed by atoms with Gasteiger partial charge in [-0.25, -0.2) is 0 Å². The van der Waals surface area contributed by atoms with Crippen molar-refractivity contribution in [2.45, 2.75) is 51.4 Å². The number of anilines is 1. The molecule has 0 amide bonds. The second-order valence-corrected chi connectivity index (χ2v) is 5.70. The van der Waals surface area contributed by atoms with E-state index in [1.54, 1.807) is 0 Å². The Morgan fingerprint density at radius 2 is 2.11 bits per heavy atom. The van der Waals surface area contributed by atoms with Crippen molar-refractivity contribution in [3.8, 4) is 0 Å². The quantitative estimate of drug-likeness (QED) is 0.794. The van der Waals surface area contributed by atoms with Crippen LogP contribution in [0.4, 0.5) is 5.69 Å². The average Bonchev–Trinajstić information content (AvgIpc) is 2.87. The molecule has 1 atom stereocenters. The molecular formula is C16H23NO2. The Balaban J connectivity index is 2.10. The molecule has 1 fully saturated rings. The molecule has 0 aromatic heterocycles. The van der Waals surface area contributed by atoms with Crippen molar-refractivity contribution in [3.05, 3.63) is 29.3 Å². The number of carboxylic acids is 1. The number of benzene rings is 1. The van der Waals surface area contributed by atoms with Crippen LogP contribution in [0.5, 0.6) is 0 Å². The van der Waals surface area contributed by atoms with Gasteiger partial charge in [-0.2, -0.15) is 0 Å². The molecule has 104 valence electrons. The van der Waals surface area contributed by atoms with Gasteiger partial charge in [-0.15, -0.1) is 0 Å². The first-order valence-electron chi connectivity index (χ1n) is 7.17. The van der Waals surface area contributed by atoms with Gasteiger partial charge in [-0.05, 0) is 36.8 Å². The van der Waals surface area contributed by atoms with E-state index >= 15 is 0 Å². The van der Waals surface area contributed by atoms with E-state index in [4.69, 9.17) is 5.73 Å². The van der Waals surface area contributed by atoms with E-state index in [1.807, 2.05) is 25.1 Å². The third-order valence-electron chi connectivity index (χ3n) is 4.37. The summed E-state index contributed by atoms with van der Waals surface area (Å²) in [6, 6.07) is 5.68. The fraction of sp³-hybridized carbons (Fsp3) is 0.562. The molecule has 2 rings (SSSR count). The summed E-state index contributed by atoms with van der Waals surface area (Å²) in [5, 5.41) is 9.46. The number of rotatable bonds is 5. The van der Waals surface area contributed by atoms with Gasteiger partial charge in [0.15, 0.2) is 0 Å². The summed E-state index contributed by atoms with van der Waals surface area (Å²) in [5.41, 5.74) is 8.43. The molecule has 3 nitrogen and oxygen atoms in total. The van der Waals surface area contributed by atoms with Crippen LogP contribution in [0.25, 0.3) is 0 Å². The van der Waals surface area contributed by atoms with Crippen molar-refractivity contribution in [2.24, 2.45) is 5.92 Å². The van der Waals surface area contributed by atoms with Gasteiger partial charge >= 0.3 is 5.97 Å². The van der Waals surface area contributed by atoms with Crippen LogP contribution in [0.15, 0.2) is 18.2 Å². The van der Waals surface area contributed by atoms with Crippen LogP contribution >= 0.6 is 0 Å². The van der Waals surface area contributed by atoms with Gasteiger partial charge in [0.25, 0.3) is 0 Å². The SMILES string of the molecule is Cc1cccc(C(CCC2CCCC2)C(=O)O)c1N. The van der Waals surface area contributed by atoms with Crippen molar-refractivity contribution in [1.82, 2.24) is 0 Å². The Bertz CT molecular complexity index is 450. The molecule has 1 aromatic rings. The zero-order valence-electron chi connectivity index (χ0n) is 11.6. The monoisotopic (exact) mass is 261 g/mol. The van der Waals surface area contributed by atoms with E-state index in [9.17, 15) is 9.90 Å². The number of hydrogen-bond acceptors (Lipinski definition) is 2. The second kappa shape index (κ2) is 6.09. The fourth-order valence-electron chi connectivity index (χ4n) is 3.12. The minimum absolute atomic E-state index is 0.458. The van der Waals surface area contributed by atoms with Gasteiger partial charge in [0.1, 0.15) is 0 Å². The molecule has 0 radical (unpaired) electrons. The number of carbonyl (C=O) groups is 1. The lowest BCUT2D eigenvalue weighted by molar-refractivity contribution is -0.139. The number of aryl methyl sites for hydroxylation is 1. The van der Waals surface area contributed by atoms with Crippen LogP contribution in [0, 0.1) is 12.8 Å². The van der Waals surface area contributed by atoms with Crippen LogP contribution in [-0.4, -0.2) is 11.1 Å². The molecule has 0 aliphatic heterocycles. The number of hydrogen-bond donors (Lipinski definition) is 2. The zero-order chi connectivity index (χ0) is 13.8. The van der Waals surface area contributed by atoms with Gasteiger partial charge in [0.05, 0.1) is 5.92 Å². The molecule has 0 bridgehead atoms. The Hall–Kier alpha value is -1.51. The van der Waals surface area contributed by atoms with Crippen molar-refractivity contribution in [3.63, 3.8) is 0 Å². The lowest BCUT2D eigenvalue weighted by atomic mass is 9.88. The van der Waals surface area contributed by atoms with Crippen LogP contribution in [0.2, 0.25) is 0 Å². The van der Waals surface area contributed by atoms with Crippen molar-refractivity contribution in [2.75, 3.05) is 5.73 Å². The van der Waals surface area contributed by atoms with E-state index < -0.39 is 11.9 Å². The highest BCUT2D eigenvalue weighted by Gasteiger charge is 2.24. The number of para-hydroxylation sites is 1. The third kappa shape index (κ3) is 3.28. The number of carboxylic acid groups (broad SMARTS) is 1. The summed E-state index contributed by atoms with van der Waals surface area (Å²) in [4.78, 5) is 11.5. The minimum Gasteiger partial charge on any atom is -0.481 e. The van der Waals surface area contributed by atoms with Crippen molar-refractivity contribution >= 4 is 11.7 Å². The number of aliphatic carboxylic acids is 1. The molecule has 3 heteroatoms. The predicted molar refractivity (Wildman–Crippen MR) is 77.2 cm³/mol. The predicted octanol–water partition coefficient (Wildman–Crippen LogP) is 3.72. The molecule has 1 unspecified atom stereocenters. The molecule has 1 aromatic carbocycles. The second-order valence-electron chi connectivity index (χ2n) is 5.70. The van der Waals surface area contributed by atoms with Crippen LogP contribution in [0.3, 0.4) is 0 Å². The summed E-state index contributed by atoms with van der Waals surface area (Å²) in [7, 11) is 0. The average molecular weight is 261 g/mol. The van der Waals surface area contributed by atoms with Gasteiger partial charge in [-0.1, -0.05) is 43.9 Å². The first-order valence-corrected chi connectivity index (χ1v) is 7.17. The lowest BCUT2D eigenvalue weighted by Gasteiger charge is -2.18. The molecule has 19 heavy (non-hydrogen) atoms. The topological polar surface area (TPSA) is 63.3 Å². The Kier molecular flexibility index (Phi) is 4.46. The Morgan fingerprint density at radius 1 is 1.42 bits per heavy atom. The van der Waals surface area contributed by atoms with E-state index in [2.05, 4.69) is 0 Å². The standard InChI is InChI=1S/C16H23NO2/c1-11-5-4-8-13(15(11)17)14(16(18)19)10-9-12-6-2-3-7-12/h4-5,8,12,14H,2-3,6-7,9-10,17H2,1H3,(H,18,19). The maximum Gasteiger partial charge on any atom is 0.311 e. The highest BCUT2D eigenvalue weighted by atomic mass is 16.4. The molecule has 0 heterocycles. The fourth-order valence-corrected chi connectivity index (χ4v) is 3.12. The third-order valence-corrected chi connectivity index (χ3v) is 4.37. The van der Waals surface area contributed by atoms with Crippen molar-refractivity contribution < 1.29 is 9.90 Å². The van der Waals surface area contributed by atoms with Gasteiger partial charge in [-0.3, -0.25) is 4.79 Å². The van der Waals surface area contributed by atoms with Gasteiger partial charge in [0.2, 0.25) is 0 Å². The van der Waals surface area contributed by atoms with Gasteiger partial charge in [0, 0.05) is 5.69 Å². The van der Waals surface area contributed by atoms with Gasteiger partial charge < -0.3 is 10.8 Å². The summed E-state index contributed by atoms with van der Waals surface area (Å²) < 4.78 is 0. The lowest BCUT2D eigenvalue weighted by Crippen LogP contribution is -2.15. The highest BCUT2D eigenvalue weighted by molar-refractivity contribution is 5.79. The maximum atomic E-state index is 11.5. The summed E-state index contributed by atoms with van der Waals surface area (Å²) in [6.45, 7) is 1.93.